The molecule has 0 aromatic carbocycles. The number of nitrogens with two attached hydrogens (primary N) is 1. The fourth-order valence-corrected chi connectivity index (χ4v) is 2.57. The molecule has 1 fully saturated rings. The van der Waals surface area contributed by atoms with E-state index in [0.29, 0.717) is 12.8 Å². The zero-order valence-electron chi connectivity index (χ0n) is 12.3. The fourth-order valence-electron chi connectivity index (χ4n) is 2.57. The van der Waals surface area contributed by atoms with Gasteiger partial charge in [0.05, 0.1) is 0 Å². The molecule has 1 heterocycles. The zero-order valence-corrected chi connectivity index (χ0v) is 12.3. The molecule has 0 saturated carbocycles. The van der Waals surface area contributed by atoms with E-state index in [9.17, 15) is 10.0 Å². The number of ether oxygens (including phenoxy) is 1. The maximum absolute atomic E-state index is 11.8. The number of rotatable bonds is 2. The van der Waals surface area contributed by atoms with Crippen molar-refractivity contribution in [1.82, 2.24) is 5.06 Å². The molecule has 0 bridgehead atoms. The number of carbonyl (C=O) groups is 1. The van der Waals surface area contributed by atoms with Crippen molar-refractivity contribution in [3.63, 3.8) is 0 Å². The molecule has 0 aromatic heterocycles. The summed E-state index contributed by atoms with van der Waals surface area (Å²) in [7, 11) is 0. The molecular formula is C13H26N2O3. The number of piperidine rings is 1. The lowest BCUT2D eigenvalue weighted by molar-refractivity contribution is -0.260. The third-order valence-electron chi connectivity index (χ3n) is 3.40. The molecule has 5 heteroatoms. The van der Waals surface area contributed by atoms with E-state index in [1.807, 2.05) is 27.7 Å². The van der Waals surface area contributed by atoms with Gasteiger partial charge in [-0.05, 0) is 41.5 Å². The van der Waals surface area contributed by atoms with Gasteiger partial charge in [-0.15, -0.1) is 0 Å². The van der Waals surface area contributed by atoms with Crippen molar-refractivity contribution < 1.29 is 14.7 Å². The molecule has 1 aliphatic heterocycles. The van der Waals surface area contributed by atoms with Gasteiger partial charge in [0, 0.05) is 23.9 Å². The third-order valence-corrected chi connectivity index (χ3v) is 3.40. The Morgan fingerprint density at radius 1 is 1.28 bits per heavy atom. The lowest BCUT2D eigenvalue weighted by Crippen LogP contribution is -2.61. The average Bonchev–Trinajstić information content (AvgIpc) is 2.11. The quantitative estimate of drug-likeness (QED) is 0.737. The summed E-state index contributed by atoms with van der Waals surface area (Å²) >= 11 is 0. The van der Waals surface area contributed by atoms with E-state index in [-0.39, 0.29) is 6.10 Å². The van der Waals surface area contributed by atoms with Gasteiger partial charge >= 0.3 is 5.97 Å². The monoisotopic (exact) mass is 258 g/mol. The van der Waals surface area contributed by atoms with E-state index in [2.05, 4.69) is 0 Å². The van der Waals surface area contributed by atoms with Gasteiger partial charge in [-0.3, -0.25) is 4.79 Å². The molecule has 0 spiro atoms. The number of carbonyl (C=O) groups excluding carboxylic acids is 1. The van der Waals surface area contributed by atoms with Crippen molar-refractivity contribution in [2.75, 3.05) is 0 Å². The Kier molecular flexibility index (Phi) is 3.83. The second-order valence-corrected chi connectivity index (χ2v) is 7.09. The SMILES string of the molecule is CC(C)(N)C(=O)OC1CC(C)(C)N(O)C(C)(C)C1. The lowest BCUT2D eigenvalue weighted by Gasteiger charge is -2.51. The minimum Gasteiger partial charge on any atom is -0.461 e. The van der Waals surface area contributed by atoms with Crippen LogP contribution < -0.4 is 5.73 Å². The predicted molar refractivity (Wildman–Crippen MR) is 69.2 cm³/mol. The first kappa shape index (κ1) is 15.4. The molecule has 18 heavy (non-hydrogen) atoms. The molecule has 0 atom stereocenters. The molecular weight excluding hydrogens is 232 g/mol. The first-order valence-electron chi connectivity index (χ1n) is 6.35. The molecule has 0 radical (unpaired) electrons. The molecule has 0 unspecified atom stereocenters. The maximum atomic E-state index is 11.8. The lowest BCUT2D eigenvalue weighted by atomic mass is 9.80. The predicted octanol–water partition coefficient (Wildman–Crippen LogP) is 1.68. The van der Waals surface area contributed by atoms with E-state index in [1.54, 1.807) is 13.8 Å². The van der Waals surface area contributed by atoms with E-state index in [0.717, 1.165) is 0 Å². The van der Waals surface area contributed by atoms with Crippen molar-refractivity contribution >= 4 is 5.97 Å². The summed E-state index contributed by atoms with van der Waals surface area (Å²) in [5.41, 5.74) is 3.89. The molecule has 0 amide bonds. The summed E-state index contributed by atoms with van der Waals surface area (Å²) in [4.78, 5) is 11.8. The van der Waals surface area contributed by atoms with Crippen molar-refractivity contribution in [2.24, 2.45) is 5.73 Å². The second-order valence-electron chi connectivity index (χ2n) is 7.09. The summed E-state index contributed by atoms with van der Waals surface area (Å²) in [5, 5.41) is 11.5. The van der Waals surface area contributed by atoms with Crippen LogP contribution in [0.3, 0.4) is 0 Å². The van der Waals surface area contributed by atoms with Gasteiger partial charge in [0.25, 0.3) is 0 Å². The van der Waals surface area contributed by atoms with Gasteiger partial charge < -0.3 is 15.7 Å². The van der Waals surface area contributed by atoms with Crippen LogP contribution in [0.4, 0.5) is 0 Å². The van der Waals surface area contributed by atoms with Crippen LogP contribution in [0.5, 0.6) is 0 Å². The van der Waals surface area contributed by atoms with E-state index in [1.165, 1.54) is 5.06 Å². The van der Waals surface area contributed by atoms with Crippen LogP contribution in [0.2, 0.25) is 0 Å². The standard InChI is InChI=1S/C13H26N2O3/c1-11(2)7-9(8-12(3,4)15(11)17)18-10(16)13(5,6)14/h9,17H,7-8,14H2,1-6H3. The molecule has 5 nitrogen and oxygen atoms in total. The first-order valence-corrected chi connectivity index (χ1v) is 6.35. The highest BCUT2D eigenvalue weighted by atomic mass is 16.6. The third kappa shape index (κ3) is 3.22. The maximum Gasteiger partial charge on any atom is 0.325 e. The summed E-state index contributed by atoms with van der Waals surface area (Å²) in [6.45, 7) is 11.0. The highest BCUT2D eigenvalue weighted by molar-refractivity contribution is 5.79. The molecule has 106 valence electrons. The number of hydroxylamine groups is 2. The van der Waals surface area contributed by atoms with Crippen LogP contribution in [-0.2, 0) is 9.53 Å². The van der Waals surface area contributed by atoms with Gasteiger partial charge in [0.15, 0.2) is 0 Å². The smallest absolute Gasteiger partial charge is 0.325 e. The Labute approximate surface area is 109 Å². The fraction of sp³-hybridized carbons (Fsp3) is 0.923. The Morgan fingerprint density at radius 3 is 2.00 bits per heavy atom. The normalized spacial score (nSPS) is 24.9. The van der Waals surface area contributed by atoms with Crippen molar-refractivity contribution in [1.29, 1.82) is 0 Å². The number of esters is 1. The van der Waals surface area contributed by atoms with Gasteiger partial charge in [-0.25, -0.2) is 0 Å². The average molecular weight is 258 g/mol. The number of hydrogen-bond donors (Lipinski definition) is 2. The van der Waals surface area contributed by atoms with Crippen molar-refractivity contribution in [2.45, 2.75) is 77.1 Å². The van der Waals surface area contributed by atoms with Crippen LogP contribution in [-0.4, -0.2) is 39.0 Å². The highest BCUT2D eigenvalue weighted by Gasteiger charge is 2.46. The molecule has 1 aliphatic rings. The molecule has 1 rings (SSSR count). The van der Waals surface area contributed by atoms with Crippen LogP contribution in [0, 0.1) is 0 Å². The second kappa shape index (κ2) is 4.47. The summed E-state index contributed by atoms with van der Waals surface area (Å²) < 4.78 is 5.47. The minimum absolute atomic E-state index is 0.214. The Bertz CT molecular complexity index is 314. The van der Waals surface area contributed by atoms with Gasteiger partial charge in [0.1, 0.15) is 11.6 Å². The van der Waals surface area contributed by atoms with Crippen LogP contribution in [0.1, 0.15) is 54.4 Å². The van der Waals surface area contributed by atoms with E-state index in [4.69, 9.17) is 10.5 Å². The van der Waals surface area contributed by atoms with Crippen LogP contribution in [0.15, 0.2) is 0 Å². The Morgan fingerprint density at radius 2 is 1.67 bits per heavy atom. The Hall–Kier alpha value is -0.650. The number of nitrogens with zero attached hydrogens (tertiary/aromatic N) is 1. The van der Waals surface area contributed by atoms with Crippen LogP contribution >= 0.6 is 0 Å². The Balaban J connectivity index is 2.79. The molecule has 3 N–H and O–H groups in total. The van der Waals surface area contributed by atoms with Gasteiger partial charge in [-0.2, -0.15) is 5.06 Å². The first-order chi connectivity index (χ1) is 7.86. The topological polar surface area (TPSA) is 75.8 Å². The van der Waals surface area contributed by atoms with Gasteiger partial charge in [0.2, 0.25) is 0 Å². The van der Waals surface area contributed by atoms with Crippen LogP contribution in [0.25, 0.3) is 0 Å². The minimum atomic E-state index is -0.982. The van der Waals surface area contributed by atoms with Crippen molar-refractivity contribution in [3.05, 3.63) is 0 Å². The molecule has 1 saturated heterocycles. The molecule has 0 aromatic rings. The summed E-state index contributed by atoms with van der Waals surface area (Å²) in [5.74, 6) is -0.398. The highest BCUT2D eigenvalue weighted by Crippen LogP contribution is 2.38. The largest absolute Gasteiger partial charge is 0.461 e. The summed E-state index contributed by atoms with van der Waals surface area (Å²) in [6.07, 6.45) is 0.970. The molecule has 0 aliphatic carbocycles. The van der Waals surface area contributed by atoms with Gasteiger partial charge in [-0.1, -0.05) is 0 Å². The van der Waals surface area contributed by atoms with Crippen molar-refractivity contribution in [3.8, 4) is 0 Å². The number of hydrogen-bond acceptors (Lipinski definition) is 5. The summed E-state index contributed by atoms with van der Waals surface area (Å²) in [6, 6.07) is 0. The zero-order chi connectivity index (χ0) is 14.4. The van der Waals surface area contributed by atoms with E-state index < -0.39 is 22.6 Å². The van der Waals surface area contributed by atoms with E-state index >= 15 is 0 Å².